The molecule has 0 aromatic rings. The van der Waals surface area contributed by atoms with Gasteiger partial charge >= 0.3 is 5.97 Å². The molecular formula is C51H87NO5. The zero-order chi connectivity index (χ0) is 41.7. The van der Waals surface area contributed by atoms with Crippen LogP contribution in [0.4, 0.5) is 0 Å². The van der Waals surface area contributed by atoms with Gasteiger partial charge in [-0.1, -0.05) is 209 Å². The van der Waals surface area contributed by atoms with Crippen molar-refractivity contribution in [3.05, 3.63) is 85.1 Å². The maximum atomic E-state index is 13.1. The minimum absolute atomic E-state index is 0.0164. The van der Waals surface area contributed by atoms with Crippen molar-refractivity contribution in [2.45, 2.75) is 219 Å². The Morgan fingerprint density at radius 1 is 0.526 bits per heavy atom. The Labute approximate surface area is 351 Å². The van der Waals surface area contributed by atoms with Crippen molar-refractivity contribution in [1.82, 2.24) is 5.32 Å². The maximum absolute atomic E-state index is 13.1. The fourth-order valence-corrected chi connectivity index (χ4v) is 6.58. The van der Waals surface area contributed by atoms with Gasteiger partial charge in [-0.05, 0) is 64.2 Å². The van der Waals surface area contributed by atoms with E-state index in [1.54, 1.807) is 0 Å². The number of esters is 1. The summed E-state index contributed by atoms with van der Waals surface area (Å²) in [6.07, 6.45) is 56.5. The smallest absolute Gasteiger partial charge is 0.306 e. The van der Waals surface area contributed by atoms with E-state index in [0.29, 0.717) is 19.3 Å². The fraction of sp³-hybridized carbons (Fsp3) is 0.686. The zero-order valence-electron chi connectivity index (χ0n) is 36.9. The molecule has 326 valence electrons. The number of amides is 1. The van der Waals surface area contributed by atoms with Crippen LogP contribution in [0, 0.1) is 0 Å². The Bertz CT molecular complexity index is 1120. The molecule has 6 heteroatoms. The standard InChI is InChI=1S/C51H87NO5/c1-4-7-10-13-16-19-21-23-25-26-28-31-33-36-39-42-47(57-51(56)44-41-38-35-32-29-27-24-22-20-17-14-11-8-5-2)45-50(55)52-48(46-53)49(54)43-40-37-34-30-18-15-12-9-6-3/h7,10,13,16,19,21,23,25-29,31,33,47-49,53-54H,4-6,8-9,11-12,14-15,17-18,20,22,24,30,32,34-46H2,1-3H3,(H,52,55)/b10-7-,16-13+,21-19+,25-23-,28-26+,29-27-,33-31+. The van der Waals surface area contributed by atoms with Gasteiger partial charge in [-0.3, -0.25) is 9.59 Å². The number of hydrogen-bond donors (Lipinski definition) is 3. The Kier molecular flexibility index (Phi) is 41.9. The number of aliphatic hydroxyl groups excluding tert-OH is 2. The summed E-state index contributed by atoms with van der Waals surface area (Å²) in [5, 5.41) is 23.6. The largest absolute Gasteiger partial charge is 0.462 e. The molecule has 0 spiro atoms. The van der Waals surface area contributed by atoms with Gasteiger partial charge in [-0.2, -0.15) is 0 Å². The summed E-state index contributed by atoms with van der Waals surface area (Å²) < 4.78 is 5.86. The number of carbonyl (C=O) groups is 2. The topological polar surface area (TPSA) is 95.9 Å². The molecule has 57 heavy (non-hydrogen) atoms. The lowest BCUT2D eigenvalue weighted by atomic mass is 10.0. The summed E-state index contributed by atoms with van der Waals surface area (Å²) >= 11 is 0. The van der Waals surface area contributed by atoms with Crippen LogP contribution in [-0.2, 0) is 14.3 Å². The monoisotopic (exact) mass is 794 g/mol. The highest BCUT2D eigenvalue weighted by Crippen LogP contribution is 2.16. The van der Waals surface area contributed by atoms with Gasteiger partial charge in [0.25, 0.3) is 0 Å². The Morgan fingerprint density at radius 3 is 1.51 bits per heavy atom. The summed E-state index contributed by atoms with van der Waals surface area (Å²) in [5.41, 5.74) is 0. The van der Waals surface area contributed by atoms with Gasteiger partial charge in [0.05, 0.1) is 25.2 Å². The van der Waals surface area contributed by atoms with Crippen molar-refractivity contribution in [3.8, 4) is 0 Å². The predicted octanol–water partition coefficient (Wildman–Crippen LogP) is 13.6. The van der Waals surface area contributed by atoms with Crippen molar-refractivity contribution in [2.75, 3.05) is 6.61 Å². The third-order valence-electron chi connectivity index (χ3n) is 10.1. The first-order valence-corrected chi connectivity index (χ1v) is 23.4. The van der Waals surface area contributed by atoms with E-state index >= 15 is 0 Å². The normalized spacial score (nSPS) is 14.1. The van der Waals surface area contributed by atoms with Gasteiger partial charge in [-0.15, -0.1) is 0 Å². The zero-order valence-corrected chi connectivity index (χ0v) is 36.9. The number of hydrogen-bond acceptors (Lipinski definition) is 5. The molecule has 1 amide bonds. The van der Waals surface area contributed by atoms with Crippen LogP contribution in [-0.4, -0.2) is 46.9 Å². The highest BCUT2D eigenvalue weighted by molar-refractivity contribution is 5.77. The van der Waals surface area contributed by atoms with Gasteiger partial charge < -0.3 is 20.3 Å². The Hall–Kier alpha value is -2.96. The van der Waals surface area contributed by atoms with Gasteiger partial charge in [0.15, 0.2) is 0 Å². The van der Waals surface area contributed by atoms with E-state index in [9.17, 15) is 19.8 Å². The van der Waals surface area contributed by atoms with Gasteiger partial charge in [0.1, 0.15) is 6.10 Å². The minimum atomic E-state index is -0.812. The molecule has 3 N–H and O–H groups in total. The van der Waals surface area contributed by atoms with Gasteiger partial charge in [0.2, 0.25) is 5.91 Å². The van der Waals surface area contributed by atoms with Crippen LogP contribution in [0.3, 0.4) is 0 Å². The van der Waals surface area contributed by atoms with Crippen molar-refractivity contribution >= 4 is 11.9 Å². The van der Waals surface area contributed by atoms with Crippen LogP contribution in [0.15, 0.2) is 85.1 Å². The molecule has 0 radical (unpaired) electrons. The first-order valence-electron chi connectivity index (χ1n) is 23.4. The quantitative estimate of drug-likeness (QED) is 0.0248. The molecule has 0 heterocycles. The number of allylic oxidation sites excluding steroid dienone is 14. The molecule has 3 unspecified atom stereocenters. The predicted molar refractivity (Wildman–Crippen MR) is 245 cm³/mol. The molecule has 6 nitrogen and oxygen atoms in total. The second-order valence-corrected chi connectivity index (χ2v) is 15.6. The highest BCUT2D eigenvalue weighted by atomic mass is 16.5. The van der Waals surface area contributed by atoms with Crippen LogP contribution in [0.5, 0.6) is 0 Å². The molecule has 0 saturated heterocycles. The van der Waals surface area contributed by atoms with Crippen molar-refractivity contribution in [1.29, 1.82) is 0 Å². The molecule has 0 saturated carbocycles. The van der Waals surface area contributed by atoms with Crippen molar-refractivity contribution in [2.24, 2.45) is 0 Å². The summed E-state index contributed by atoms with van der Waals surface area (Å²) in [4.78, 5) is 26.0. The molecule has 0 bridgehead atoms. The first kappa shape index (κ1) is 54.0. The van der Waals surface area contributed by atoms with E-state index in [1.807, 2.05) is 60.8 Å². The van der Waals surface area contributed by atoms with E-state index < -0.39 is 18.2 Å². The minimum Gasteiger partial charge on any atom is -0.462 e. The van der Waals surface area contributed by atoms with Gasteiger partial charge in [-0.25, -0.2) is 0 Å². The van der Waals surface area contributed by atoms with Crippen molar-refractivity contribution in [3.63, 3.8) is 0 Å². The summed E-state index contributed by atoms with van der Waals surface area (Å²) in [6.45, 7) is 6.27. The Morgan fingerprint density at radius 2 is 0.982 bits per heavy atom. The number of rotatable bonds is 40. The number of aliphatic hydroxyl groups is 2. The third kappa shape index (κ3) is 39.6. The molecule has 0 aliphatic carbocycles. The van der Waals surface area contributed by atoms with Crippen molar-refractivity contribution < 1.29 is 24.5 Å². The van der Waals surface area contributed by atoms with E-state index in [-0.39, 0.29) is 24.9 Å². The molecule has 0 aliphatic rings. The summed E-state index contributed by atoms with van der Waals surface area (Å²) in [7, 11) is 0. The van der Waals surface area contributed by atoms with E-state index in [4.69, 9.17) is 4.74 Å². The van der Waals surface area contributed by atoms with E-state index in [1.165, 1.54) is 83.5 Å². The Balaban J connectivity index is 4.80. The molecule has 0 aromatic heterocycles. The average Bonchev–Trinajstić information content (AvgIpc) is 3.20. The number of nitrogens with one attached hydrogen (secondary N) is 1. The van der Waals surface area contributed by atoms with Crippen LogP contribution in [0.2, 0.25) is 0 Å². The van der Waals surface area contributed by atoms with Crippen LogP contribution < -0.4 is 5.32 Å². The first-order chi connectivity index (χ1) is 28.0. The fourth-order valence-electron chi connectivity index (χ4n) is 6.58. The molecule has 0 fully saturated rings. The number of ether oxygens (including phenoxy) is 1. The lowest BCUT2D eigenvalue weighted by Gasteiger charge is -2.24. The van der Waals surface area contributed by atoms with E-state index in [2.05, 4.69) is 50.4 Å². The molecule has 0 aromatic carbocycles. The highest BCUT2D eigenvalue weighted by Gasteiger charge is 2.24. The lowest BCUT2D eigenvalue weighted by Crippen LogP contribution is -2.46. The summed E-state index contributed by atoms with van der Waals surface area (Å²) in [5.74, 6) is -0.577. The SMILES string of the molecule is CC\C=C/C=C/C=C/C=C\C=C\C=C\CCCC(CC(=O)NC(CO)C(O)CCCCCCCCCCC)OC(=O)CCCCC/C=C\CCCCCCCCC. The second kappa shape index (κ2) is 44.1. The molecular weight excluding hydrogens is 707 g/mol. The van der Waals surface area contributed by atoms with Gasteiger partial charge in [0, 0.05) is 6.42 Å². The maximum Gasteiger partial charge on any atom is 0.306 e. The molecule has 0 rings (SSSR count). The van der Waals surface area contributed by atoms with Crippen LogP contribution >= 0.6 is 0 Å². The van der Waals surface area contributed by atoms with Crippen LogP contribution in [0.25, 0.3) is 0 Å². The molecule has 3 atom stereocenters. The van der Waals surface area contributed by atoms with E-state index in [0.717, 1.165) is 70.6 Å². The average molecular weight is 794 g/mol. The lowest BCUT2D eigenvalue weighted by molar-refractivity contribution is -0.151. The second-order valence-electron chi connectivity index (χ2n) is 15.6. The van der Waals surface area contributed by atoms with Crippen LogP contribution in [0.1, 0.15) is 201 Å². The number of carbonyl (C=O) groups excluding carboxylic acids is 2. The number of unbranched alkanes of at least 4 members (excludes halogenated alkanes) is 19. The summed E-state index contributed by atoms with van der Waals surface area (Å²) in [6, 6.07) is -0.730. The molecule has 0 aliphatic heterocycles. The third-order valence-corrected chi connectivity index (χ3v) is 10.1.